The quantitative estimate of drug-likeness (QED) is 0.0321. The molecule has 66 heavy (non-hydrogen) atoms. The van der Waals surface area contributed by atoms with E-state index in [1.807, 2.05) is 0 Å². The van der Waals surface area contributed by atoms with Crippen LogP contribution in [0.5, 0.6) is 0 Å². The lowest BCUT2D eigenvalue weighted by Crippen LogP contribution is -2.46. The molecule has 3 unspecified atom stereocenters. The number of ether oxygens (including phenoxy) is 1. The first-order chi connectivity index (χ1) is 32.5. The maximum Gasteiger partial charge on any atom is 0.306 e. The number of esters is 1. The van der Waals surface area contributed by atoms with E-state index in [0.717, 1.165) is 77.0 Å². The number of nitrogens with one attached hydrogen (secondary N) is 1. The number of carbonyl (C=O) groups excluding carboxylic acids is 2. The predicted octanol–water partition coefficient (Wildman–Crippen LogP) is 18.0. The zero-order valence-electron chi connectivity index (χ0n) is 44.3. The Hall–Kier alpha value is -1.92. The molecule has 0 fully saturated rings. The third kappa shape index (κ3) is 48.5. The van der Waals surface area contributed by atoms with E-state index in [-0.39, 0.29) is 24.9 Å². The molecule has 6 heteroatoms. The predicted molar refractivity (Wildman–Crippen MR) is 287 cm³/mol. The summed E-state index contributed by atoms with van der Waals surface area (Å²) in [7, 11) is 0. The molecule has 0 spiro atoms. The maximum absolute atomic E-state index is 13.3. The van der Waals surface area contributed by atoms with E-state index < -0.39 is 18.2 Å². The number of amides is 1. The average molecular weight is 929 g/mol. The second kappa shape index (κ2) is 54.0. The van der Waals surface area contributed by atoms with Gasteiger partial charge in [0.05, 0.1) is 25.2 Å². The van der Waals surface area contributed by atoms with Gasteiger partial charge in [-0.2, -0.15) is 0 Å². The molecule has 0 saturated carbocycles. The number of hydrogen-bond acceptors (Lipinski definition) is 5. The molecule has 0 aliphatic rings. The minimum atomic E-state index is -0.792. The molecular weight excluding hydrogens is 815 g/mol. The van der Waals surface area contributed by atoms with Gasteiger partial charge in [0.1, 0.15) is 6.10 Å². The highest BCUT2D eigenvalue weighted by molar-refractivity contribution is 5.77. The summed E-state index contributed by atoms with van der Waals surface area (Å²) in [6.07, 6.45) is 65.0. The molecular formula is C60H113NO5. The van der Waals surface area contributed by atoms with Crippen LogP contribution in [-0.2, 0) is 14.3 Å². The zero-order chi connectivity index (χ0) is 48.1. The first kappa shape index (κ1) is 64.1. The molecule has 6 nitrogen and oxygen atoms in total. The van der Waals surface area contributed by atoms with Crippen LogP contribution in [0.2, 0.25) is 0 Å². The first-order valence-corrected chi connectivity index (χ1v) is 29.2. The molecule has 0 rings (SSSR count). The van der Waals surface area contributed by atoms with Crippen LogP contribution in [0.25, 0.3) is 0 Å². The van der Waals surface area contributed by atoms with Crippen LogP contribution in [-0.4, -0.2) is 46.9 Å². The second-order valence-corrected chi connectivity index (χ2v) is 20.0. The maximum atomic E-state index is 13.3. The third-order valence-electron chi connectivity index (χ3n) is 13.5. The monoisotopic (exact) mass is 928 g/mol. The van der Waals surface area contributed by atoms with Gasteiger partial charge in [0, 0.05) is 6.42 Å². The summed E-state index contributed by atoms with van der Waals surface area (Å²) in [6, 6.07) is -0.707. The number of allylic oxidation sites excluding steroid dienone is 6. The summed E-state index contributed by atoms with van der Waals surface area (Å²) in [5.74, 6) is -0.485. The smallest absolute Gasteiger partial charge is 0.306 e. The van der Waals surface area contributed by atoms with E-state index in [1.165, 1.54) is 186 Å². The minimum Gasteiger partial charge on any atom is -0.462 e. The van der Waals surface area contributed by atoms with E-state index >= 15 is 0 Å². The largest absolute Gasteiger partial charge is 0.462 e. The minimum absolute atomic E-state index is 0.0675. The van der Waals surface area contributed by atoms with Crippen molar-refractivity contribution in [2.45, 2.75) is 328 Å². The van der Waals surface area contributed by atoms with Crippen molar-refractivity contribution in [3.8, 4) is 0 Å². The van der Waals surface area contributed by atoms with Gasteiger partial charge in [-0.05, 0) is 77.0 Å². The van der Waals surface area contributed by atoms with Crippen LogP contribution >= 0.6 is 0 Å². The fraction of sp³-hybridized carbons (Fsp3) is 0.867. The summed E-state index contributed by atoms with van der Waals surface area (Å²) >= 11 is 0. The van der Waals surface area contributed by atoms with E-state index in [9.17, 15) is 19.8 Å². The normalized spacial score (nSPS) is 13.3. The molecule has 0 heterocycles. The molecule has 0 radical (unpaired) electrons. The SMILES string of the molecule is CC/C=C/C/C=C/CCCCCCCC(CC(=O)NC(CO)C(O)CCCCCCCCCCCCCCCCCCC)OC(=O)CCCCCCC/C=C/CCCCCCCCCCC. The number of hydrogen-bond donors (Lipinski definition) is 3. The van der Waals surface area contributed by atoms with Gasteiger partial charge in [-0.25, -0.2) is 0 Å². The lowest BCUT2D eigenvalue weighted by Gasteiger charge is -2.24. The van der Waals surface area contributed by atoms with Crippen LogP contribution in [0, 0.1) is 0 Å². The Bertz CT molecular complexity index is 1090. The van der Waals surface area contributed by atoms with Gasteiger partial charge in [-0.3, -0.25) is 9.59 Å². The van der Waals surface area contributed by atoms with Crippen LogP contribution in [0.3, 0.4) is 0 Å². The van der Waals surface area contributed by atoms with Crippen molar-refractivity contribution in [1.29, 1.82) is 0 Å². The summed E-state index contributed by atoms with van der Waals surface area (Å²) in [6.45, 7) is 6.41. The molecule has 388 valence electrons. The van der Waals surface area contributed by atoms with E-state index in [4.69, 9.17) is 4.74 Å². The number of aliphatic hydroxyl groups is 2. The van der Waals surface area contributed by atoms with Crippen molar-refractivity contribution in [2.24, 2.45) is 0 Å². The Balaban J connectivity index is 4.47. The average Bonchev–Trinajstić information content (AvgIpc) is 3.31. The lowest BCUT2D eigenvalue weighted by atomic mass is 10.0. The van der Waals surface area contributed by atoms with Crippen LogP contribution in [0.4, 0.5) is 0 Å². The Labute approximate surface area is 411 Å². The van der Waals surface area contributed by atoms with Crippen molar-refractivity contribution >= 4 is 11.9 Å². The number of carbonyl (C=O) groups is 2. The summed E-state index contributed by atoms with van der Waals surface area (Å²) in [4.78, 5) is 26.2. The third-order valence-corrected chi connectivity index (χ3v) is 13.5. The fourth-order valence-corrected chi connectivity index (χ4v) is 9.05. The Kier molecular flexibility index (Phi) is 52.5. The van der Waals surface area contributed by atoms with Crippen LogP contribution in [0.15, 0.2) is 36.5 Å². The van der Waals surface area contributed by atoms with Gasteiger partial charge in [0.15, 0.2) is 0 Å². The van der Waals surface area contributed by atoms with Crippen LogP contribution < -0.4 is 5.32 Å². The molecule has 0 aliphatic heterocycles. The van der Waals surface area contributed by atoms with Crippen molar-refractivity contribution in [3.05, 3.63) is 36.5 Å². The molecule has 0 bridgehead atoms. The molecule has 0 aromatic carbocycles. The van der Waals surface area contributed by atoms with Gasteiger partial charge in [0.2, 0.25) is 5.91 Å². The van der Waals surface area contributed by atoms with Gasteiger partial charge in [-0.15, -0.1) is 0 Å². The van der Waals surface area contributed by atoms with Crippen molar-refractivity contribution < 1.29 is 24.5 Å². The molecule has 0 aromatic rings. The molecule has 0 saturated heterocycles. The van der Waals surface area contributed by atoms with Gasteiger partial charge in [0.25, 0.3) is 0 Å². The lowest BCUT2D eigenvalue weighted by molar-refractivity contribution is -0.151. The summed E-state index contributed by atoms with van der Waals surface area (Å²) in [5.41, 5.74) is 0. The first-order valence-electron chi connectivity index (χ1n) is 29.2. The van der Waals surface area contributed by atoms with E-state index in [0.29, 0.717) is 19.3 Å². The fourth-order valence-electron chi connectivity index (χ4n) is 9.05. The van der Waals surface area contributed by atoms with Gasteiger partial charge < -0.3 is 20.3 Å². The van der Waals surface area contributed by atoms with E-state index in [2.05, 4.69) is 62.5 Å². The van der Waals surface area contributed by atoms with Gasteiger partial charge in [-0.1, -0.05) is 256 Å². The molecule has 3 atom stereocenters. The van der Waals surface area contributed by atoms with Crippen molar-refractivity contribution in [2.75, 3.05) is 6.61 Å². The highest BCUT2D eigenvalue weighted by Gasteiger charge is 2.24. The van der Waals surface area contributed by atoms with Gasteiger partial charge >= 0.3 is 5.97 Å². The number of rotatable bonds is 53. The van der Waals surface area contributed by atoms with Crippen LogP contribution in [0.1, 0.15) is 310 Å². The Morgan fingerprint density at radius 1 is 0.455 bits per heavy atom. The Morgan fingerprint density at radius 2 is 0.818 bits per heavy atom. The van der Waals surface area contributed by atoms with Crippen molar-refractivity contribution in [3.63, 3.8) is 0 Å². The number of aliphatic hydroxyl groups excluding tert-OH is 2. The topological polar surface area (TPSA) is 95.9 Å². The highest BCUT2D eigenvalue weighted by Crippen LogP contribution is 2.18. The second-order valence-electron chi connectivity index (χ2n) is 20.0. The van der Waals surface area contributed by atoms with E-state index in [1.54, 1.807) is 0 Å². The number of unbranched alkanes of at least 4 members (excludes halogenated alkanes) is 35. The standard InChI is InChI=1S/C60H113NO5/c1-4-7-10-13-16-19-22-25-27-29-31-33-35-38-41-44-47-50-53-60(65)66-56(51-48-45-42-39-36-24-21-18-15-12-9-6-3)54-59(64)61-57(55-62)58(63)52-49-46-43-40-37-34-32-30-28-26-23-20-17-14-11-8-5-2/h9,12,18,21,31,33,56-58,62-63H,4-8,10-11,13-17,19-20,22-30,32,34-55H2,1-3H3,(H,61,64)/b12-9+,21-18+,33-31+. The van der Waals surface area contributed by atoms with Crippen molar-refractivity contribution in [1.82, 2.24) is 5.32 Å². The summed E-state index contributed by atoms with van der Waals surface area (Å²) in [5, 5.41) is 23.9. The Morgan fingerprint density at radius 3 is 1.24 bits per heavy atom. The molecule has 0 aliphatic carbocycles. The summed E-state index contributed by atoms with van der Waals surface area (Å²) < 4.78 is 5.95. The molecule has 1 amide bonds. The highest BCUT2D eigenvalue weighted by atomic mass is 16.5. The zero-order valence-corrected chi connectivity index (χ0v) is 44.3. The molecule has 3 N–H and O–H groups in total. The molecule has 0 aromatic heterocycles.